The first-order valence-corrected chi connectivity index (χ1v) is 12.5. The van der Waals surface area contributed by atoms with Gasteiger partial charge in [-0.3, -0.25) is 14.5 Å². The van der Waals surface area contributed by atoms with E-state index in [0.717, 1.165) is 35.2 Å². The van der Waals surface area contributed by atoms with Crippen LogP contribution >= 0.6 is 0 Å². The molecule has 0 radical (unpaired) electrons. The number of para-hydroxylation sites is 1. The number of carbonyl (C=O) groups is 3. The molecule has 2 fully saturated rings. The number of rotatable bonds is 7. The number of amides is 4. The van der Waals surface area contributed by atoms with Gasteiger partial charge in [-0.2, -0.15) is 5.10 Å². The van der Waals surface area contributed by atoms with Crippen LogP contribution in [0.5, 0.6) is 0 Å². The van der Waals surface area contributed by atoms with Crippen LogP contribution in [0.25, 0.3) is 16.9 Å². The van der Waals surface area contributed by atoms with E-state index in [0.29, 0.717) is 37.1 Å². The lowest BCUT2D eigenvalue weighted by molar-refractivity contribution is -0.131. The lowest BCUT2D eigenvalue weighted by Crippen LogP contribution is -2.44. The number of nitrogens with one attached hydrogen (secondary N) is 2. The van der Waals surface area contributed by atoms with E-state index in [1.165, 1.54) is 4.90 Å². The Balaban J connectivity index is 1.30. The van der Waals surface area contributed by atoms with Crippen LogP contribution in [-0.2, 0) is 4.79 Å². The van der Waals surface area contributed by atoms with Crippen LogP contribution in [0.2, 0.25) is 0 Å². The molecule has 2 heterocycles. The molecule has 4 amide bonds. The highest BCUT2D eigenvalue weighted by molar-refractivity contribution is 6.07. The van der Waals surface area contributed by atoms with Crippen molar-refractivity contribution < 1.29 is 14.4 Å². The molecule has 1 saturated carbocycles. The monoisotopic (exact) mass is 485 g/mol. The fourth-order valence-electron chi connectivity index (χ4n) is 5.26. The van der Waals surface area contributed by atoms with Crippen LogP contribution in [-0.4, -0.2) is 51.2 Å². The number of hydrogen-bond donors (Lipinski definition) is 2. The van der Waals surface area contributed by atoms with E-state index in [-0.39, 0.29) is 24.4 Å². The predicted octanol–water partition coefficient (Wildman–Crippen LogP) is 4.14. The Morgan fingerprint density at radius 1 is 1.08 bits per heavy atom. The van der Waals surface area contributed by atoms with E-state index in [2.05, 4.69) is 16.7 Å². The van der Waals surface area contributed by atoms with E-state index in [4.69, 9.17) is 5.10 Å². The maximum Gasteiger partial charge on any atom is 0.325 e. The van der Waals surface area contributed by atoms with Crippen LogP contribution in [0.15, 0.2) is 54.7 Å². The molecule has 36 heavy (non-hydrogen) atoms. The molecular weight excluding hydrogens is 454 g/mol. The van der Waals surface area contributed by atoms with Gasteiger partial charge in [0.1, 0.15) is 11.2 Å². The molecule has 1 aromatic heterocycles. The van der Waals surface area contributed by atoms with Crippen molar-refractivity contribution in [3.8, 4) is 16.9 Å². The predicted molar refractivity (Wildman–Crippen MR) is 137 cm³/mol. The van der Waals surface area contributed by atoms with Crippen LogP contribution in [0, 0.1) is 13.8 Å². The summed E-state index contributed by atoms with van der Waals surface area (Å²) in [4.78, 5) is 39.8. The molecule has 1 aliphatic carbocycles. The summed E-state index contributed by atoms with van der Waals surface area (Å²) in [6.45, 7) is 4.67. The van der Waals surface area contributed by atoms with E-state index in [9.17, 15) is 14.4 Å². The van der Waals surface area contributed by atoms with Crippen LogP contribution in [0.1, 0.15) is 53.6 Å². The van der Waals surface area contributed by atoms with Crippen molar-refractivity contribution in [1.82, 2.24) is 25.3 Å². The molecular formula is C28H31N5O3. The molecule has 1 spiro atoms. The number of carbonyl (C=O) groups excluding carboxylic acids is 3. The van der Waals surface area contributed by atoms with E-state index >= 15 is 0 Å². The van der Waals surface area contributed by atoms with Crippen LogP contribution in [0.4, 0.5) is 4.79 Å². The highest BCUT2D eigenvalue weighted by atomic mass is 16.2. The Kier molecular flexibility index (Phi) is 6.35. The van der Waals surface area contributed by atoms with Gasteiger partial charge in [0.25, 0.3) is 11.8 Å². The Bertz CT molecular complexity index is 1310. The molecule has 2 aromatic carbocycles. The number of imide groups is 1. The molecule has 1 aliphatic heterocycles. The van der Waals surface area contributed by atoms with Crippen molar-refractivity contribution in [3.05, 3.63) is 71.4 Å². The average molecular weight is 486 g/mol. The normalized spacial score (nSPS) is 16.6. The molecule has 0 unspecified atom stereocenters. The first kappa shape index (κ1) is 23.8. The van der Waals surface area contributed by atoms with E-state index < -0.39 is 5.54 Å². The number of aryl methyl sites for hydroxylation is 2. The van der Waals surface area contributed by atoms with Crippen molar-refractivity contribution in [3.63, 3.8) is 0 Å². The molecule has 8 heteroatoms. The van der Waals surface area contributed by atoms with E-state index in [1.807, 2.05) is 56.3 Å². The van der Waals surface area contributed by atoms with Gasteiger partial charge in [0.2, 0.25) is 0 Å². The molecule has 5 rings (SSSR count). The maximum absolute atomic E-state index is 13.3. The number of hydrogen-bond acceptors (Lipinski definition) is 4. The average Bonchev–Trinajstić information content (AvgIpc) is 3.57. The third-order valence-electron chi connectivity index (χ3n) is 7.16. The number of nitrogens with zero attached hydrogens (tertiary/aromatic N) is 3. The number of benzene rings is 2. The van der Waals surface area contributed by atoms with Crippen LogP contribution < -0.4 is 10.6 Å². The summed E-state index contributed by atoms with van der Waals surface area (Å²) in [5.74, 6) is -0.366. The third kappa shape index (κ3) is 4.39. The maximum atomic E-state index is 13.3. The fourth-order valence-corrected chi connectivity index (χ4v) is 5.26. The second-order valence-corrected chi connectivity index (χ2v) is 9.78. The van der Waals surface area contributed by atoms with Crippen molar-refractivity contribution in [2.45, 2.75) is 51.5 Å². The summed E-state index contributed by atoms with van der Waals surface area (Å²) < 4.78 is 1.72. The van der Waals surface area contributed by atoms with E-state index in [1.54, 1.807) is 10.9 Å². The van der Waals surface area contributed by atoms with Gasteiger partial charge in [-0.1, -0.05) is 54.8 Å². The molecule has 0 atom stereocenters. The molecule has 8 nitrogen and oxygen atoms in total. The summed E-state index contributed by atoms with van der Waals surface area (Å²) in [6, 6.07) is 15.4. The lowest BCUT2D eigenvalue weighted by Gasteiger charge is -2.20. The minimum atomic E-state index is -0.701. The van der Waals surface area contributed by atoms with Gasteiger partial charge in [0, 0.05) is 24.8 Å². The highest BCUT2D eigenvalue weighted by Gasteiger charge is 2.52. The Morgan fingerprint density at radius 3 is 2.56 bits per heavy atom. The van der Waals surface area contributed by atoms with Gasteiger partial charge in [-0.15, -0.1) is 0 Å². The van der Waals surface area contributed by atoms with Gasteiger partial charge in [0.15, 0.2) is 0 Å². The summed E-state index contributed by atoms with van der Waals surface area (Å²) in [5, 5.41) is 10.6. The number of aromatic nitrogens is 2. The summed E-state index contributed by atoms with van der Waals surface area (Å²) in [5.41, 5.74) is 4.35. The summed E-state index contributed by atoms with van der Waals surface area (Å²) >= 11 is 0. The molecule has 2 aliphatic rings. The van der Waals surface area contributed by atoms with Crippen molar-refractivity contribution in [1.29, 1.82) is 0 Å². The molecule has 2 N–H and O–H groups in total. The Hall–Kier alpha value is -3.94. The smallest absolute Gasteiger partial charge is 0.325 e. The zero-order valence-corrected chi connectivity index (χ0v) is 20.7. The SMILES string of the molecule is Cc1ccc(-c2nn(-c3ccccc3)cc2C(=O)NCCCN2C(=O)NC3(CCCC3)C2=O)c(C)c1. The first-order valence-electron chi connectivity index (χ1n) is 12.5. The third-order valence-corrected chi connectivity index (χ3v) is 7.16. The zero-order valence-electron chi connectivity index (χ0n) is 20.7. The molecule has 0 bridgehead atoms. The zero-order chi connectivity index (χ0) is 25.3. The van der Waals surface area contributed by atoms with Gasteiger partial charge < -0.3 is 10.6 Å². The van der Waals surface area contributed by atoms with Gasteiger partial charge in [-0.05, 0) is 50.8 Å². The minimum Gasteiger partial charge on any atom is -0.352 e. The fraction of sp³-hybridized carbons (Fsp3) is 0.357. The highest BCUT2D eigenvalue weighted by Crippen LogP contribution is 2.35. The quantitative estimate of drug-likeness (QED) is 0.388. The molecule has 3 aromatic rings. The summed E-state index contributed by atoms with van der Waals surface area (Å²) in [6.07, 6.45) is 5.55. The van der Waals surface area contributed by atoms with Crippen molar-refractivity contribution >= 4 is 17.8 Å². The van der Waals surface area contributed by atoms with Crippen molar-refractivity contribution in [2.24, 2.45) is 0 Å². The molecule has 1 saturated heterocycles. The molecule has 186 valence electrons. The largest absolute Gasteiger partial charge is 0.352 e. The Morgan fingerprint density at radius 2 is 1.83 bits per heavy atom. The second kappa shape index (κ2) is 9.60. The lowest BCUT2D eigenvalue weighted by atomic mass is 9.98. The number of urea groups is 1. The summed E-state index contributed by atoms with van der Waals surface area (Å²) in [7, 11) is 0. The first-order chi connectivity index (χ1) is 17.4. The van der Waals surface area contributed by atoms with Crippen molar-refractivity contribution in [2.75, 3.05) is 13.1 Å². The topological polar surface area (TPSA) is 96.3 Å². The van der Waals surface area contributed by atoms with Gasteiger partial charge in [0.05, 0.1) is 11.3 Å². The second-order valence-electron chi connectivity index (χ2n) is 9.78. The Labute approximate surface area is 210 Å². The van der Waals surface area contributed by atoms with Gasteiger partial charge in [-0.25, -0.2) is 9.48 Å². The standard InChI is InChI=1S/C28H31N5O3/c1-19-11-12-22(20(2)17-19)24-23(18-33(31-24)21-9-4-3-5-10-21)25(34)29-15-8-16-32-26(35)28(30-27(32)36)13-6-7-14-28/h3-5,9-12,17-18H,6-8,13-16H2,1-2H3,(H,29,34)(H,30,36). The van der Waals surface area contributed by atoms with Gasteiger partial charge >= 0.3 is 6.03 Å². The minimum absolute atomic E-state index is 0.127. The van der Waals surface area contributed by atoms with Crippen LogP contribution in [0.3, 0.4) is 0 Å².